The first-order chi connectivity index (χ1) is 24.8. The van der Waals surface area contributed by atoms with Crippen molar-refractivity contribution in [2.75, 3.05) is 0 Å². The largest absolute Gasteiger partial charge is 0.236 e. The first-order valence-corrected chi connectivity index (χ1v) is 18.1. The Labute approximate surface area is 298 Å². The van der Waals surface area contributed by atoms with Gasteiger partial charge >= 0.3 is 0 Å². The van der Waals surface area contributed by atoms with Crippen LogP contribution in [-0.2, 0) is 0 Å². The van der Waals surface area contributed by atoms with Gasteiger partial charge in [-0.1, -0.05) is 164 Å². The van der Waals surface area contributed by atoms with Crippen LogP contribution in [0.15, 0.2) is 176 Å². The molecule has 9 aromatic rings. The summed E-state index contributed by atoms with van der Waals surface area (Å²) >= 11 is 2.98. The fourth-order valence-electron chi connectivity index (χ4n) is 6.75. The molecule has 0 unspecified atom stereocenters. The van der Waals surface area contributed by atoms with Gasteiger partial charge in [0.15, 0.2) is 0 Å². The van der Waals surface area contributed by atoms with Crippen LogP contribution in [0.25, 0.3) is 65.2 Å². The zero-order valence-electron chi connectivity index (χ0n) is 26.9. The van der Waals surface area contributed by atoms with Crippen molar-refractivity contribution < 1.29 is 0 Å². The molecule has 0 bridgehead atoms. The number of hydrogen-bond donors (Lipinski definition) is 0. The Morgan fingerprint density at radius 3 is 1.46 bits per heavy atom. The molecule has 50 heavy (non-hydrogen) atoms. The van der Waals surface area contributed by atoms with E-state index in [4.69, 9.17) is 13.7 Å². The summed E-state index contributed by atoms with van der Waals surface area (Å²) < 4.78 is 10.9. The second kappa shape index (κ2) is 13.1. The minimum atomic E-state index is 0.908. The molecular formula is C45H29N3S2. The Morgan fingerprint density at radius 1 is 0.380 bits per heavy atom. The van der Waals surface area contributed by atoms with Crippen LogP contribution in [0.5, 0.6) is 0 Å². The number of para-hydroxylation sites is 1. The fourth-order valence-corrected chi connectivity index (χ4v) is 8.33. The zero-order chi connectivity index (χ0) is 33.3. The summed E-state index contributed by atoms with van der Waals surface area (Å²) in [5, 5.41) is 1.01. The summed E-state index contributed by atoms with van der Waals surface area (Å²) in [7, 11) is 0. The van der Waals surface area contributed by atoms with Gasteiger partial charge in [0.1, 0.15) is 16.0 Å². The molecule has 0 amide bonds. The predicted molar refractivity (Wildman–Crippen MR) is 211 cm³/mol. The highest BCUT2D eigenvalue weighted by Crippen LogP contribution is 2.42. The van der Waals surface area contributed by atoms with E-state index in [1.165, 1.54) is 44.3 Å². The van der Waals surface area contributed by atoms with E-state index < -0.39 is 0 Å². The van der Waals surface area contributed by atoms with Gasteiger partial charge in [0.2, 0.25) is 0 Å². The molecule has 0 aliphatic carbocycles. The third kappa shape index (κ3) is 5.53. The predicted octanol–water partition coefficient (Wildman–Crippen LogP) is 12.3. The summed E-state index contributed by atoms with van der Waals surface area (Å²) in [6.45, 7) is 0. The van der Waals surface area contributed by atoms with Crippen molar-refractivity contribution in [3.63, 3.8) is 0 Å². The van der Waals surface area contributed by atoms with Crippen molar-refractivity contribution in [3.05, 3.63) is 198 Å². The molecule has 2 aromatic heterocycles. The van der Waals surface area contributed by atoms with Crippen LogP contribution in [0.3, 0.4) is 0 Å². The van der Waals surface area contributed by atoms with E-state index >= 15 is 0 Å². The van der Waals surface area contributed by atoms with Gasteiger partial charge in [0.25, 0.3) is 0 Å². The highest BCUT2D eigenvalue weighted by atomic mass is 32.1. The van der Waals surface area contributed by atoms with Crippen molar-refractivity contribution in [1.82, 2.24) is 13.7 Å². The standard InChI is InChI=1S/C45H29N3S2/c1-4-14-31(15-5-1)41(32-16-6-2-7-17-32)42(33-18-8-3-9-19-33)34-26-24-30(25-27-34)35-28-29-37(44-43(35)47-50-48-44)36-20-10-11-21-38(36)45-46-39-22-12-13-23-40(39)49-45/h1-29H. The van der Waals surface area contributed by atoms with Crippen LogP contribution in [0.2, 0.25) is 0 Å². The molecule has 0 spiro atoms. The Hall–Kier alpha value is -6.01. The quantitative estimate of drug-likeness (QED) is 0.158. The Kier molecular flexibility index (Phi) is 7.90. The maximum absolute atomic E-state index is 4.98. The van der Waals surface area contributed by atoms with Crippen LogP contribution in [0, 0.1) is 0 Å². The normalized spacial score (nSPS) is 11.2. The molecule has 9 rings (SSSR count). The van der Waals surface area contributed by atoms with Crippen molar-refractivity contribution in [2.24, 2.45) is 0 Å². The van der Waals surface area contributed by atoms with E-state index in [0.717, 1.165) is 54.9 Å². The lowest BCUT2D eigenvalue weighted by molar-refractivity contribution is 1.47. The van der Waals surface area contributed by atoms with E-state index in [-0.39, 0.29) is 0 Å². The molecule has 0 N–H and O–H groups in total. The number of hydrogen-bond acceptors (Lipinski definition) is 5. The Bertz CT molecular complexity index is 2550. The van der Waals surface area contributed by atoms with Gasteiger partial charge in [0.05, 0.1) is 21.9 Å². The van der Waals surface area contributed by atoms with Crippen molar-refractivity contribution >= 4 is 55.5 Å². The van der Waals surface area contributed by atoms with E-state index in [1.807, 2.05) is 6.07 Å². The second-order valence-corrected chi connectivity index (χ2v) is 13.6. The van der Waals surface area contributed by atoms with Crippen LogP contribution >= 0.6 is 23.1 Å². The number of fused-ring (bicyclic) bond motifs is 2. The first-order valence-electron chi connectivity index (χ1n) is 16.5. The van der Waals surface area contributed by atoms with Gasteiger partial charge in [-0.15, -0.1) is 11.3 Å². The topological polar surface area (TPSA) is 38.7 Å². The van der Waals surface area contributed by atoms with Crippen molar-refractivity contribution in [2.45, 2.75) is 0 Å². The third-order valence-electron chi connectivity index (χ3n) is 9.08. The average Bonchev–Trinajstić information content (AvgIpc) is 3.86. The zero-order valence-corrected chi connectivity index (χ0v) is 28.5. The lowest BCUT2D eigenvalue weighted by Crippen LogP contribution is -1.97. The molecule has 0 fully saturated rings. The number of rotatable bonds is 7. The minimum Gasteiger partial charge on any atom is -0.236 e. The van der Waals surface area contributed by atoms with Gasteiger partial charge in [-0.05, 0) is 56.7 Å². The summed E-state index contributed by atoms with van der Waals surface area (Å²) in [5.74, 6) is 0. The van der Waals surface area contributed by atoms with E-state index in [0.29, 0.717) is 0 Å². The van der Waals surface area contributed by atoms with E-state index in [1.54, 1.807) is 11.3 Å². The molecule has 0 aliphatic rings. The average molecular weight is 676 g/mol. The van der Waals surface area contributed by atoms with Crippen LogP contribution in [0.4, 0.5) is 0 Å². The molecule has 5 heteroatoms. The van der Waals surface area contributed by atoms with Gasteiger partial charge in [-0.2, -0.15) is 8.75 Å². The molecule has 0 saturated carbocycles. The summed E-state index contributed by atoms with van der Waals surface area (Å²) in [6, 6.07) is 62.2. The maximum Gasteiger partial charge on any atom is 0.125 e. The summed E-state index contributed by atoms with van der Waals surface area (Å²) in [5.41, 5.74) is 15.4. The van der Waals surface area contributed by atoms with Gasteiger partial charge < -0.3 is 0 Å². The molecule has 236 valence electrons. The third-order valence-corrected chi connectivity index (χ3v) is 10.7. The maximum atomic E-state index is 4.98. The number of thiazole rings is 1. The van der Waals surface area contributed by atoms with E-state index in [2.05, 4.69) is 170 Å². The molecule has 0 aliphatic heterocycles. The van der Waals surface area contributed by atoms with Crippen LogP contribution in [-0.4, -0.2) is 13.7 Å². The lowest BCUT2D eigenvalue weighted by Gasteiger charge is -2.18. The highest BCUT2D eigenvalue weighted by molar-refractivity contribution is 7.21. The van der Waals surface area contributed by atoms with E-state index in [9.17, 15) is 0 Å². The summed E-state index contributed by atoms with van der Waals surface area (Å²) in [4.78, 5) is 4.98. The SMILES string of the molecule is c1ccc(C(=C(c2ccccc2)c2ccc(-c3ccc(-c4ccccc4-c4nc5ccccc5s4)c4nsnc34)cc2)c2ccccc2)cc1. The molecule has 2 heterocycles. The monoisotopic (exact) mass is 675 g/mol. The van der Waals surface area contributed by atoms with Gasteiger partial charge in [-0.25, -0.2) is 4.98 Å². The number of aromatic nitrogens is 3. The molecule has 7 aromatic carbocycles. The van der Waals surface area contributed by atoms with Gasteiger partial charge in [0, 0.05) is 16.7 Å². The van der Waals surface area contributed by atoms with Gasteiger partial charge in [-0.3, -0.25) is 0 Å². The first kappa shape index (κ1) is 30.1. The molecule has 3 nitrogen and oxygen atoms in total. The van der Waals surface area contributed by atoms with Crippen molar-refractivity contribution in [3.8, 4) is 32.8 Å². The molecule has 0 radical (unpaired) electrons. The second-order valence-electron chi connectivity index (χ2n) is 12.1. The van der Waals surface area contributed by atoms with Crippen molar-refractivity contribution in [1.29, 1.82) is 0 Å². The lowest BCUT2D eigenvalue weighted by atomic mass is 9.85. The summed E-state index contributed by atoms with van der Waals surface area (Å²) in [6.07, 6.45) is 0. The minimum absolute atomic E-state index is 0.908. The Balaban J connectivity index is 1.16. The number of nitrogens with zero attached hydrogens (tertiary/aromatic N) is 3. The Morgan fingerprint density at radius 2 is 0.860 bits per heavy atom. The van der Waals surface area contributed by atoms with Crippen LogP contribution in [0.1, 0.15) is 22.3 Å². The molecular weight excluding hydrogens is 647 g/mol. The highest BCUT2D eigenvalue weighted by Gasteiger charge is 2.19. The van der Waals surface area contributed by atoms with Crippen LogP contribution < -0.4 is 0 Å². The smallest absolute Gasteiger partial charge is 0.125 e. The molecule has 0 saturated heterocycles. The fraction of sp³-hybridized carbons (Fsp3) is 0. The molecule has 0 atom stereocenters. The number of benzene rings is 7.